The number of ether oxygens (including phenoxy) is 2. The zero-order valence-electron chi connectivity index (χ0n) is 12.3. The predicted molar refractivity (Wildman–Crippen MR) is 77.6 cm³/mol. The molecule has 1 amide bonds. The lowest BCUT2D eigenvalue weighted by molar-refractivity contribution is -0.137. The Kier molecular flexibility index (Phi) is 7.25. The molecule has 0 saturated heterocycles. The van der Waals surface area contributed by atoms with Gasteiger partial charge >= 0.3 is 5.97 Å². The maximum absolute atomic E-state index is 12.0. The van der Waals surface area contributed by atoms with Gasteiger partial charge in [-0.15, -0.1) is 0 Å². The summed E-state index contributed by atoms with van der Waals surface area (Å²) in [6, 6.07) is 6.58. The number of methoxy groups -OCH3 is 1. The number of rotatable bonds is 9. The zero-order chi connectivity index (χ0) is 15.7. The number of aliphatic carboxylic acids is 1. The van der Waals surface area contributed by atoms with E-state index < -0.39 is 5.97 Å². The summed E-state index contributed by atoms with van der Waals surface area (Å²) in [6.07, 6.45) is 0.438. The summed E-state index contributed by atoms with van der Waals surface area (Å²) in [4.78, 5) is 22.4. The van der Waals surface area contributed by atoms with Crippen LogP contribution in [-0.4, -0.2) is 43.3 Å². The number of carboxylic acids is 1. The van der Waals surface area contributed by atoms with E-state index in [-0.39, 0.29) is 18.4 Å². The fraction of sp³-hybridized carbons (Fsp3) is 0.467. The lowest BCUT2D eigenvalue weighted by atomic mass is 10.1. The quantitative estimate of drug-likeness (QED) is 0.677. The summed E-state index contributed by atoms with van der Waals surface area (Å²) in [5, 5.41) is 11.4. The van der Waals surface area contributed by atoms with Crippen molar-refractivity contribution in [1.82, 2.24) is 5.32 Å². The third-order valence-corrected chi connectivity index (χ3v) is 2.84. The molecule has 1 aromatic rings. The molecular formula is C15H21NO5. The Morgan fingerprint density at radius 2 is 1.90 bits per heavy atom. The summed E-state index contributed by atoms with van der Waals surface area (Å²) < 4.78 is 10.3. The van der Waals surface area contributed by atoms with Crippen LogP contribution in [-0.2, 0) is 9.53 Å². The van der Waals surface area contributed by atoms with Crippen LogP contribution in [0.4, 0.5) is 0 Å². The van der Waals surface area contributed by atoms with E-state index in [2.05, 4.69) is 5.32 Å². The number of carboxylic acid groups (broad SMARTS) is 1. The second-order valence-corrected chi connectivity index (χ2v) is 4.67. The van der Waals surface area contributed by atoms with Gasteiger partial charge in [0.2, 0.25) is 0 Å². The van der Waals surface area contributed by atoms with E-state index in [1.165, 1.54) is 0 Å². The van der Waals surface area contributed by atoms with Crippen molar-refractivity contribution in [1.29, 1.82) is 0 Å². The standard InChI is InChI=1S/C15H21NO5/c1-11(3-8-14(17)18)16-15(19)12-4-6-13(7-5-12)21-10-9-20-2/h4-7,11H,3,8-10H2,1-2H3,(H,16,19)(H,17,18). The molecule has 0 aromatic heterocycles. The smallest absolute Gasteiger partial charge is 0.303 e. The second-order valence-electron chi connectivity index (χ2n) is 4.67. The normalized spacial score (nSPS) is 11.7. The molecule has 0 aliphatic carbocycles. The first-order chi connectivity index (χ1) is 10.0. The molecule has 0 aliphatic heterocycles. The molecule has 0 saturated carbocycles. The average Bonchev–Trinajstić information content (AvgIpc) is 2.46. The van der Waals surface area contributed by atoms with Gasteiger partial charge in [-0.05, 0) is 37.6 Å². The van der Waals surface area contributed by atoms with Crippen LogP contribution >= 0.6 is 0 Å². The molecule has 1 unspecified atom stereocenters. The van der Waals surface area contributed by atoms with Crippen LogP contribution in [0.1, 0.15) is 30.1 Å². The number of amides is 1. The molecule has 0 fully saturated rings. The SMILES string of the molecule is COCCOc1ccc(C(=O)NC(C)CCC(=O)O)cc1. The Morgan fingerprint density at radius 3 is 2.48 bits per heavy atom. The molecule has 116 valence electrons. The van der Waals surface area contributed by atoms with Gasteiger partial charge in [-0.25, -0.2) is 0 Å². The van der Waals surface area contributed by atoms with Crippen molar-refractivity contribution in [2.75, 3.05) is 20.3 Å². The second kappa shape index (κ2) is 8.97. The fourth-order valence-corrected chi connectivity index (χ4v) is 1.66. The highest BCUT2D eigenvalue weighted by Crippen LogP contribution is 2.12. The van der Waals surface area contributed by atoms with Crippen LogP contribution in [0.25, 0.3) is 0 Å². The van der Waals surface area contributed by atoms with Gasteiger partial charge in [-0.1, -0.05) is 0 Å². The minimum Gasteiger partial charge on any atom is -0.491 e. The van der Waals surface area contributed by atoms with Gasteiger partial charge in [-0.2, -0.15) is 0 Å². The van der Waals surface area contributed by atoms with Crippen molar-refractivity contribution in [3.05, 3.63) is 29.8 Å². The van der Waals surface area contributed by atoms with Crippen LogP contribution in [0.2, 0.25) is 0 Å². The third kappa shape index (κ3) is 6.76. The monoisotopic (exact) mass is 295 g/mol. The van der Waals surface area contributed by atoms with Crippen molar-refractivity contribution >= 4 is 11.9 Å². The summed E-state index contributed by atoms with van der Waals surface area (Å²) in [5.41, 5.74) is 0.510. The maximum atomic E-state index is 12.0. The lowest BCUT2D eigenvalue weighted by Crippen LogP contribution is -2.32. The average molecular weight is 295 g/mol. The van der Waals surface area contributed by atoms with Gasteiger partial charge in [0.05, 0.1) is 6.61 Å². The number of carbonyl (C=O) groups excluding carboxylic acids is 1. The molecule has 1 rings (SSSR count). The Morgan fingerprint density at radius 1 is 1.24 bits per heavy atom. The number of carbonyl (C=O) groups is 2. The molecule has 1 aromatic carbocycles. The molecular weight excluding hydrogens is 274 g/mol. The Hall–Kier alpha value is -2.08. The van der Waals surface area contributed by atoms with Gasteiger partial charge < -0.3 is 19.9 Å². The van der Waals surface area contributed by atoms with Crippen LogP contribution < -0.4 is 10.1 Å². The van der Waals surface area contributed by atoms with Crippen LogP contribution in [0, 0.1) is 0 Å². The Labute approximate surface area is 124 Å². The van der Waals surface area contributed by atoms with Gasteiger partial charge in [-0.3, -0.25) is 9.59 Å². The highest BCUT2D eigenvalue weighted by Gasteiger charge is 2.11. The van der Waals surface area contributed by atoms with Gasteiger partial charge in [0.1, 0.15) is 12.4 Å². The topological polar surface area (TPSA) is 84.9 Å². The van der Waals surface area contributed by atoms with E-state index >= 15 is 0 Å². The number of nitrogens with one attached hydrogen (secondary N) is 1. The molecule has 6 nitrogen and oxygen atoms in total. The molecule has 0 spiro atoms. The van der Waals surface area contributed by atoms with E-state index in [0.717, 1.165) is 0 Å². The van der Waals surface area contributed by atoms with Crippen LogP contribution in [0.3, 0.4) is 0 Å². The summed E-state index contributed by atoms with van der Waals surface area (Å²) in [7, 11) is 1.60. The lowest BCUT2D eigenvalue weighted by Gasteiger charge is -2.13. The Bertz CT molecular complexity index is 458. The van der Waals surface area contributed by atoms with Crippen molar-refractivity contribution < 1.29 is 24.2 Å². The van der Waals surface area contributed by atoms with E-state index in [4.69, 9.17) is 14.6 Å². The number of hydrogen-bond acceptors (Lipinski definition) is 4. The summed E-state index contributed by atoms with van der Waals surface area (Å²) >= 11 is 0. The maximum Gasteiger partial charge on any atom is 0.303 e. The predicted octanol–water partition coefficient (Wildman–Crippen LogP) is 1.69. The summed E-state index contributed by atoms with van der Waals surface area (Å²) in [6.45, 7) is 2.74. The van der Waals surface area contributed by atoms with E-state index in [9.17, 15) is 9.59 Å². The van der Waals surface area contributed by atoms with Crippen molar-refractivity contribution in [3.8, 4) is 5.75 Å². The zero-order valence-corrected chi connectivity index (χ0v) is 12.3. The highest BCUT2D eigenvalue weighted by atomic mass is 16.5. The molecule has 0 aliphatic rings. The molecule has 0 radical (unpaired) electrons. The van der Waals surface area contributed by atoms with Crippen molar-refractivity contribution in [2.45, 2.75) is 25.8 Å². The van der Waals surface area contributed by atoms with Crippen molar-refractivity contribution in [2.24, 2.45) is 0 Å². The number of hydrogen-bond donors (Lipinski definition) is 2. The molecule has 2 N–H and O–H groups in total. The Balaban J connectivity index is 2.45. The van der Waals surface area contributed by atoms with Crippen molar-refractivity contribution in [3.63, 3.8) is 0 Å². The molecule has 1 atom stereocenters. The van der Waals surface area contributed by atoms with Gasteiger partial charge in [0.15, 0.2) is 0 Å². The van der Waals surface area contributed by atoms with Crippen LogP contribution in [0.15, 0.2) is 24.3 Å². The molecule has 0 heterocycles. The van der Waals surface area contributed by atoms with E-state index in [0.29, 0.717) is 30.9 Å². The van der Waals surface area contributed by atoms with E-state index in [1.54, 1.807) is 38.3 Å². The highest BCUT2D eigenvalue weighted by molar-refractivity contribution is 5.94. The van der Waals surface area contributed by atoms with Gasteiger partial charge in [0, 0.05) is 25.1 Å². The first-order valence-corrected chi connectivity index (χ1v) is 6.77. The molecule has 6 heteroatoms. The van der Waals surface area contributed by atoms with Crippen LogP contribution in [0.5, 0.6) is 5.75 Å². The third-order valence-electron chi connectivity index (χ3n) is 2.84. The minimum absolute atomic E-state index is 0.0354. The molecule has 21 heavy (non-hydrogen) atoms. The van der Waals surface area contributed by atoms with E-state index in [1.807, 2.05) is 0 Å². The largest absolute Gasteiger partial charge is 0.491 e. The molecule has 0 bridgehead atoms. The van der Waals surface area contributed by atoms with Gasteiger partial charge in [0.25, 0.3) is 5.91 Å². The first kappa shape index (κ1) is 17.0. The summed E-state index contributed by atoms with van der Waals surface area (Å²) in [5.74, 6) is -0.424. The fourth-order valence-electron chi connectivity index (χ4n) is 1.66. The number of benzene rings is 1. The first-order valence-electron chi connectivity index (χ1n) is 6.77. The minimum atomic E-state index is -0.867.